The number of nitrogens with one attached hydrogen (secondary N) is 1. The SMILES string of the molecule is COC1CCN(CC2COc3cc4c(cc3O2)C2(CCC(Nc3cccc(Cl)c3)(C(=O)O)CC2)C(C[C@@H](C)COc2ccnc3c2[C@H](C)CCC3)C4)CC1. The largest absolute Gasteiger partial charge is 0.493 e. The van der Waals surface area contributed by atoms with Crippen molar-refractivity contribution in [3.8, 4) is 17.2 Å². The molecule has 54 heavy (non-hydrogen) atoms. The van der Waals surface area contributed by atoms with Crippen LogP contribution >= 0.6 is 11.6 Å². The first kappa shape index (κ1) is 37.4. The summed E-state index contributed by atoms with van der Waals surface area (Å²) in [6.07, 6.45) is 12.1. The number of piperidine rings is 1. The fraction of sp³-hybridized carbons (Fsp3) is 0.591. The molecular weight excluding hydrogens is 702 g/mol. The van der Waals surface area contributed by atoms with E-state index < -0.39 is 11.5 Å². The number of fused-ring (bicyclic) bond motifs is 4. The Kier molecular flexibility index (Phi) is 10.8. The van der Waals surface area contributed by atoms with Gasteiger partial charge in [0, 0.05) is 54.9 Å². The highest BCUT2D eigenvalue weighted by atomic mass is 35.5. The Morgan fingerprint density at radius 3 is 2.69 bits per heavy atom. The van der Waals surface area contributed by atoms with E-state index in [0.717, 1.165) is 87.5 Å². The third kappa shape index (κ3) is 7.40. The minimum Gasteiger partial charge on any atom is -0.493 e. The van der Waals surface area contributed by atoms with Crippen LogP contribution in [-0.2, 0) is 27.8 Å². The lowest BCUT2D eigenvalue weighted by atomic mass is 9.59. The number of benzene rings is 2. The molecule has 2 aromatic carbocycles. The number of carboxylic acid groups (broad SMARTS) is 1. The molecule has 4 atom stereocenters. The van der Waals surface area contributed by atoms with Crippen LogP contribution < -0.4 is 19.5 Å². The van der Waals surface area contributed by atoms with Gasteiger partial charge >= 0.3 is 5.97 Å². The van der Waals surface area contributed by atoms with Crippen LogP contribution in [-0.4, -0.2) is 78.7 Å². The first-order valence-electron chi connectivity index (χ1n) is 20.2. The van der Waals surface area contributed by atoms with E-state index in [9.17, 15) is 9.90 Å². The van der Waals surface area contributed by atoms with E-state index in [2.05, 4.69) is 41.2 Å². The molecule has 2 aliphatic heterocycles. The fourth-order valence-corrected chi connectivity index (χ4v) is 10.6. The second-order valence-corrected chi connectivity index (χ2v) is 17.4. The molecule has 1 spiro atoms. The van der Waals surface area contributed by atoms with Crippen LogP contribution in [0.5, 0.6) is 17.2 Å². The summed E-state index contributed by atoms with van der Waals surface area (Å²) < 4.78 is 25.4. The van der Waals surface area contributed by atoms with Gasteiger partial charge in [-0.3, -0.25) is 9.88 Å². The molecule has 3 heterocycles. The third-order valence-corrected chi connectivity index (χ3v) is 13.6. The molecule has 3 aliphatic carbocycles. The van der Waals surface area contributed by atoms with E-state index in [1.165, 1.54) is 35.2 Å². The van der Waals surface area contributed by atoms with Gasteiger partial charge in [0.15, 0.2) is 11.5 Å². The Morgan fingerprint density at radius 1 is 1.11 bits per heavy atom. The number of pyridine rings is 1. The highest BCUT2D eigenvalue weighted by Gasteiger charge is 2.54. The van der Waals surface area contributed by atoms with Crippen LogP contribution in [0.1, 0.15) is 99.9 Å². The fourth-order valence-electron chi connectivity index (χ4n) is 10.4. The van der Waals surface area contributed by atoms with E-state index in [0.29, 0.717) is 54.9 Å². The van der Waals surface area contributed by atoms with Crippen molar-refractivity contribution in [2.45, 2.75) is 114 Å². The van der Waals surface area contributed by atoms with Crippen LogP contribution in [0, 0.1) is 11.8 Å². The van der Waals surface area contributed by atoms with Gasteiger partial charge < -0.3 is 29.4 Å². The number of carboxylic acids is 1. The molecule has 1 aromatic heterocycles. The monoisotopic (exact) mass is 757 g/mol. The molecule has 2 unspecified atom stereocenters. The van der Waals surface area contributed by atoms with Crippen molar-refractivity contribution in [1.82, 2.24) is 9.88 Å². The lowest BCUT2D eigenvalue weighted by Crippen LogP contribution is -2.53. The van der Waals surface area contributed by atoms with E-state index in [1.807, 2.05) is 36.5 Å². The summed E-state index contributed by atoms with van der Waals surface area (Å²) in [6.45, 7) is 8.58. The normalized spacial score (nSPS) is 28.6. The summed E-state index contributed by atoms with van der Waals surface area (Å²) in [7, 11) is 1.80. The average molecular weight is 758 g/mol. The molecule has 9 nitrogen and oxygen atoms in total. The van der Waals surface area contributed by atoms with Crippen molar-refractivity contribution in [3.05, 3.63) is 76.1 Å². The third-order valence-electron chi connectivity index (χ3n) is 13.4. The van der Waals surface area contributed by atoms with Crippen LogP contribution in [0.4, 0.5) is 5.69 Å². The van der Waals surface area contributed by atoms with E-state index in [4.69, 9.17) is 30.5 Å². The summed E-state index contributed by atoms with van der Waals surface area (Å²) in [5.74, 6) is 2.89. The Bertz CT molecular complexity index is 1820. The lowest BCUT2D eigenvalue weighted by molar-refractivity contribution is -0.144. The maximum atomic E-state index is 13.1. The number of likely N-dealkylation sites (tertiary alicyclic amines) is 1. The quantitative estimate of drug-likeness (QED) is 0.200. The van der Waals surface area contributed by atoms with Gasteiger partial charge in [-0.2, -0.15) is 0 Å². The Morgan fingerprint density at radius 2 is 1.93 bits per heavy atom. The molecule has 5 aliphatic rings. The van der Waals surface area contributed by atoms with E-state index in [-0.39, 0.29) is 11.5 Å². The zero-order valence-electron chi connectivity index (χ0n) is 32.1. The number of aromatic nitrogens is 1. The number of methoxy groups -OCH3 is 1. The number of ether oxygens (including phenoxy) is 4. The molecule has 2 N–H and O–H groups in total. The molecule has 1 saturated carbocycles. The summed E-state index contributed by atoms with van der Waals surface area (Å²) in [4.78, 5) is 20.2. The zero-order valence-corrected chi connectivity index (χ0v) is 32.8. The number of nitrogens with zero attached hydrogens (tertiary/aromatic N) is 2. The van der Waals surface area contributed by atoms with Crippen molar-refractivity contribution < 1.29 is 28.8 Å². The zero-order chi connectivity index (χ0) is 37.5. The molecular formula is C44H56ClN3O6. The number of aryl methyl sites for hydroxylation is 1. The van der Waals surface area contributed by atoms with Gasteiger partial charge in [0.05, 0.1) is 12.7 Å². The summed E-state index contributed by atoms with van der Waals surface area (Å²) >= 11 is 6.32. The van der Waals surface area contributed by atoms with Crippen LogP contribution in [0.25, 0.3) is 0 Å². The molecule has 0 radical (unpaired) electrons. The standard InChI is InChI=1S/C44H56ClN3O6/c1-28(26-52-38-10-17-46-37-9-4-6-29(2)41(37)38)20-31-21-30-22-39-40(54-35(27-53-39)25-48-18-11-34(51-3)12-19-48)24-36(30)43(31)13-15-44(16-14-43,42(49)50)47-33-8-5-7-32(45)23-33/h5,7-8,10,17,22-24,28-29,31,34-35,47H,4,6,9,11-16,18-21,25-27H2,1-3H3,(H,49,50)/t28-,29-,31?,35?,43?,44?/m1/s1. The molecule has 3 aromatic rings. The maximum Gasteiger partial charge on any atom is 0.329 e. The first-order valence-corrected chi connectivity index (χ1v) is 20.6. The van der Waals surface area contributed by atoms with E-state index in [1.54, 1.807) is 7.11 Å². The summed E-state index contributed by atoms with van der Waals surface area (Å²) in [6, 6.07) is 13.9. The molecule has 8 rings (SSSR count). The van der Waals surface area contributed by atoms with Crippen molar-refractivity contribution in [2.24, 2.45) is 11.8 Å². The van der Waals surface area contributed by atoms with Gasteiger partial charge in [0.1, 0.15) is 24.0 Å². The predicted octanol–water partition coefficient (Wildman–Crippen LogP) is 8.45. The molecule has 290 valence electrons. The first-order chi connectivity index (χ1) is 26.1. The number of rotatable bonds is 11. The molecule has 10 heteroatoms. The maximum absolute atomic E-state index is 13.1. The number of hydrogen-bond acceptors (Lipinski definition) is 8. The highest BCUT2D eigenvalue weighted by Crippen LogP contribution is 2.58. The van der Waals surface area contributed by atoms with E-state index >= 15 is 0 Å². The highest BCUT2D eigenvalue weighted by molar-refractivity contribution is 6.30. The van der Waals surface area contributed by atoms with Gasteiger partial charge in [-0.15, -0.1) is 0 Å². The Labute approximate surface area is 325 Å². The topological polar surface area (TPSA) is 102 Å². The predicted molar refractivity (Wildman–Crippen MR) is 210 cm³/mol. The van der Waals surface area contributed by atoms with Gasteiger partial charge in [0.25, 0.3) is 0 Å². The van der Waals surface area contributed by atoms with Crippen LogP contribution in [0.2, 0.25) is 5.02 Å². The Hall–Kier alpha value is -3.53. The second-order valence-electron chi connectivity index (χ2n) is 16.9. The molecule has 2 fully saturated rings. The van der Waals surface area contributed by atoms with Gasteiger partial charge in [-0.05, 0) is 141 Å². The second kappa shape index (κ2) is 15.5. The van der Waals surface area contributed by atoms with Crippen molar-refractivity contribution in [2.75, 3.05) is 45.3 Å². The summed E-state index contributed by atoms with van der Waals surface area (Å²) in [5.41, 5.74) is 4.56. The molecule has 0 amide bonds. The van der Waals surface area contributed by atoms with Crippen LogP contribution in [0.3, 0.4) is 0 Å². The number of aliphatic carboxylic acids is 1. The van der Waals surface area contributed by atoms with Gasteiger partial charge in [-0.25, -0.2) is 4.79 Å². The van der Waals surface area contributed by atoms with Crippen LogP contribution in [0.15, 0.2) is 48.7 Å². The Balaban J connectivity index is 1.04. The number of hydrogen-bond donors (Lipinski definition) is 2. The number of halogens is 1. The van der Waals surface area contributed by atoms with Gasteiger partial charge in [0.2, 0.25) is 0 Å². The van der Waals surface area contributed by atoms with Crippen molar-refractivity contribution >= 4 is 23.3 Å². The summed E-state index contributed by atoms with van der Waals surface area (Å²) in [5, 5.41) is 14.7. The van der Waals surface area contributed by atoms with Crippen molar-refractivity contribution in [1.29, 1.82) is 0 Å². The number of carbonyl (C=O) groups is 1. The van der Waals surface area contributed by atoms with Crippen molar-refractivity contribution in [3.63, 3.8) is 0 Å². The molecule has 1 saturated heterocycles. The molecule has 0 bridgehead atoms. The number of anilines is 1. The van der Waals surface area contributed by atoms with Gasteiger partial charge in [-0.1, -0.05) is 31.5 Å². The minimum absolute atomic E-state index is 0.0467. The minimum atomic E-state index is -1.08. The average Bonchev–Trinajstić information content (AvgIpc) is 3.44. The lowest BCUT2D eigenvalue weighted by Gasteiger charge is -2.47. The smallest absolute Gasteiger partial charge is 0.329 e.